The molecular weight excluding hydrogens is 529 g/mol. The molecule has 8 heteroatoms. The molecule has 1 saturated carbocycles. The molecule has 1 aliphatic heterocycles. The molecule has 3 aromatic carbocycles. The van der Waals surface area contributed by atoms with Gasteiger partial charge in [-0.25, -0.2) is 0 Å². The Morgan fingerprint density at radius 2 is 1.78 bits per heavy atom. The number of rotatable bonds is 7. The van der Waals surface area contributed by atoms with E-state index in [2.05, 4.69) is 16.3 Å². The minimum atomic E-state index is -4.41. The molecule has 1 N–H and O–H groups in total. The number of benzene rings is 3. The quantitative estimate of drug-likeness (QED) is 0.305. The van der Waals surface area contributed by atoms with Gasteiger partial charge in [0.2, 0.25) is 0 Å². The lowest BCUT2D eigenvalue weighted by Gasteiger charge is -2.35. The second kappa shape index (κ2) is 12.5. The van der Waals surface area contributed by atoms with Crippen molar-refractivity contribution in [3.05, 3.63) is 89.0 Å². The first-order valence-corrected chi connectivity index (χ1v) is 14.3. The monoisotopic (exact) mass is 564 g/mol. The number of halogens is 3. The molecule has 5 nitrogen and oxygen atoms in total. The first-order chi connectivity index (χ1) is 19.7. The summed E-state index contributed by atoms with van der Waals surface area (Å²) in [6.07, 6.45) is 0.460. The molecule has 1 heterocycles. The third-order valence-corrected chi connectivity index (χ3v) is 8.17. The smallest absolute Gasteiger partial charge is 0.416 e. The number of hydrogen-bond acceptors (Lipinski definition) is 4. The molecule has 1 amide bonds. The number of hydrogen-bond donors (Lipinski definition) is 1. The minimum absolute atomic E-state index is 0.0151. The standard InChI is InChI=1S/C33H35F3N2O3/c1-2-41-32(40)25-7-5-6-22(18-25)20-38-17-16-24-19-28(15-12-26(24)21-38)37-31(39)30-9-4-3-8-29(30)23-10-13-27(14-11-23)33(34,35)36/h3-4,8-15,19,22,25H,2,5-7,16-18,20-21H2,1H3,(H,37,39). The number of amides is 1. The van der Waals surface area contributed by atoms with Crippen molar-refractivity contribution in [3.63, 3.8) is 0 Å². The lowest BCUT2D eigenvalue weighted by atomic mass is 9.81. The molecule has 0 bridgehead atoms. The molecule has 1 fully saturated rings. The average molecular weight is 565 g/mol. The van der Waals surface area contributed by atoms with Gasteiger partial charge in [0.15, 0.2) is 0 Å². The molecule has 1 aliphatic carbocycles. The second-order valence-corrected chi connectivity index (χ2v) is 11.0. The predicted molar refractivity (Wildman–Crippen MR) is 152 cm³/mol. The lowest BCUT2D eigenvalue weighted by molar-refractivity contribution is -0.149. The first-order valence-electron chi connectivity index (χ1n) is 14.3. The maximum atomic E-state index is 13.3. The van der Waals surface area contributed by atoms with Crippen LogP contribution in [-0.2, 0) is 28.7 Å². The molecule has 0 saturated heterocycles. The van der Waals surface area contributed by atoms with Gasteiger partial charge in [-0.1, -0.05) is 42.8 Å². The highest BCUT2D eigenvalue weighted by Gasteiger charge is 2.31. The highest BCUT2D eigenvalue weighted by atomic mass is 19.4. The van der Waals surface area contributed by atoms with Crippen molar-refractivity contribution in [2.75, 3.05) is 25.0 Å². The van der Waals surface area contributed by atoms with E-state index in [1.807, 2.05) is 19.1 Å². The summed E-state index contributed by atoms with van der Waals surface area (Å²) >= 11 is 0. The van der Waals surface area contributed by atoms with Crippen LogP contribution in [0.2, 0.25) is 0 Å². The molecule has 0 radical (unpaired) electrons. The molecular formula is C33H35F3N2O3. The van der Waals surface area contributed by atoms with E-state index < -0.39 is 11.7 Å². The molecule has 2 atom stereocenters. The Morgan fingerprint density at radius 3 is 2.54 bits per heavy atom. The van der Waals surface area contributed by atoms with Crippen molar-refractivity contribution in [3.8, 4) is 11.1 Å². The topological polar surface area (TPSA) is 58.6 Å². The van der Waals surface area contributed by atoms with Crippen LogP contribution in [0.25, 0.3) is 11.1 Å². The van der Waals surface area contributed by atoms with Gasteiger partial charge in [0.05, 0.1) is 18.1 Å². The van der Waals surface area contributed by atoms with Crippen molar-refractivity contribution in [1.29, 1.82) is 0 Å². The SMILES string of the molecule is CCOC(=O)C1CCCC(CN2CCc3cc(NC(=O)c4ccccc4-c4ccc(C(F)(F)F)cc4)ccc3C2)C1. The van der Waals surface area contributed by atoms with Crippen molar-refractivity contribution in [2.24, 2.45) is 11.8 Å². The van der Waals surface area contributed by atoms with Gasteiger partial charge in [-0.05, 0) is 91.1 Å². The number of nitrogens with zero attached hydrogens (tertiary/aromatic N) is 1. The summed E-state index contributed by atoms with van der Waals surface area (Å²) in [7, 11) is 0. The third kappa shape index (κ3) is 6.99. The summed E-state index contributed by atoms with van der Waals surface area (Å²) in [5, 5.41) is 2.98. The van der Waals surface area contributed by atoms with E-state index in [4.69, 9.17) is 4.74 Å². The minimum Gasteiger partial charge on any atom is -0.466 e. The van der Waals surface area contributed by atoms with Gasteiger partial charge in [0.25, 0.3) is 5.91 Å². The number of carbonyl (C=O) groups excluding carboxylic acids is 2. The Labute approximate surface area is 238 Å². The van der Waals surface area contributed by atoms with Gasteiger partial charge >= 0.3 is 12.1 Å². The fraction of sp³-hybridized carbons (Fsp3) is 0.394. The van der Waals surface area contributed by atoms with Crippen molar-refractivity contribution in [2.45, 2.75) is 51.7 Å². The van der Waals surface area contributed by atoms with Gasteiger partial charge in [0.1, 0.15) is 0 Å². The van der Waals surface area contributed by atoms with Crippen LogP contribution in [0, 0.1) is 11.8 Å². The Hall–Kier alpha value is -3.65. The predicted octanol–water partition coefficient (Wildman–Crippen LogP) is 7.35. The van der Waals surface area contributed by atoms with Gasteiger partial charge < -0.3 is 10.1 Å². The highest BCUT2D eigenvalue weighted by molar-refractivity contribution is 6.08. The lowest BCUT2D eigenvalue weighted by Crippen LogP contribution is -2.37. The fourth-order valence-electron chi connectivity index (χ4n) is 6.11. The Balaban J connectivity index is 1.22. The van der Waals surface area contributed by atoms with Crippen molar-refractivity contribution < 1.29 is 27.5 Å². The normalized spacial score (nSPS) is 19.3. The summed E-state index contributed by atoms with van der Waals surface area (Å²) in [5.41, 5.74) is 3.90. The number of anilines is 1. The molecule has 0 aromatic heterocycles. The van der Waals surface area contributed by atoms with E-state index >= 15 is 0 Å². The van der Waals surface area contributed by atoms with Crippen LogP contribution in [0.3, 0.4) is 0 Å². The maximum Gasteiger partial charge on any atom is 0.416 e. The van der Waals surface area contributed by atoms with Crippen LogP contribution in [0.4, 0.5) is 18.9 Å². The molecule has 5 rings (SSSR count). The first kappa shape index (κ1) is 28.9. The molecule has 41 heavy (non-hydrogen) atoms. The highest BCUT2D eigenvalue weighted by Crippen LogP contribution is 2.34. The summed E-state index contributed by atoms with van der Waals surface area (Å²) < 4.78 is 44.3. The number of nitrogens with one attached hydrogen (secondary N) is 1. The van der Waals surface area contributed by atoms with Crippen LogP contribution in [0.15, 0.2) is 66.7 Å². The summed E-state index contributed by atoms with van der Waals surface area (Å²) in [6.45, 7) is 5.00. The summed E-state index contributed by atoms with van der Waals surface area (Å²) in [6, 6.07) is 17.7. The molecule has 3 aromatic rings. The van der Waals surface area contributed by atoms with E-state index in [0.29, 0.717) is 34.9 Å². The summed E-state index contributed by atoms with van der Waals surface area (Å²) in [5.74, 6) is 0.133. The molecule has 0 spiro atoms. The van der Waals surface area contributed by atoms with E-state index in [0.717, 1.165) is 63.9 Å². The molecule has 2 aliphatic rings. The number of fused-ring (bicyclic) bond motifs is 1. The second-order valence-electron chi connectivity index (χ2n) is 11.0. The average Bonchev–Trinajstić information content (AvgIpc) is 2.97. The van der Waals surface area contributed by atoms with Gasteiger partial charge in [-0.2, -0.15) is 13.2 Å². The van der Waals surface area contributed by atoms with Gasteiger partial charge in [0, 0.05) is 30.9 Å². The van der Waals surface area contributed by atoms with E-state index in [-0.39, 0.29) is 17.8 Å². The van der Waals surface area contributed by atoms with Gasteiger partial charge in [-0.15, -0.1) is 0 Å². The zero-order valence-electron chi connectivity index (χ0n) is 23.2. The van der Waals surface area contributed by atoms with Crippen molar-refractivity contribution >= 4 is 17.6 Å². The van der Waals surface area contributed by atoms with Crippen LogP contribution in [0.1, 0.15) is 59.7 Å². The van der Waals surface area contributed by atoms with Crippen molar-refractivity contribution in [1.82, 2.24) is 4.90 Å². The Morgan fingerprint density at radius 1 is 1.00 bits per heavy atom. The van der Waals surface area contributed by atoms with E-state index in [1.54, 1.807) is 24.3 Å². The molecule has 2 unspecified atom stereocenters. The maximum absolute atomic E-state index is 13.3. The number of carbonyl (C=O) groups is 2. The zero-order chi connectivity index (χ0) is 29.0. The summed E-state index contributed by atoms with van der Waals surface area (Å²) in [4.78, 5) is 27.9. The van der Waals surface area contributed by atoms with Crippen LogP contribution >= 0.6 is 0 Å². The number of esters is 1. The Kier molecular flexibility index (Phi) is 8.78. The Bertz CT molecular complexity index is 1390. The van der Waals surface area contributed by atoms with E-state index in [1.165, 1.54) is 23.3 Å². The fourth-order valence-corrected chi connectivity index (χ4v) is 6.11. The van der Waals surface area contributed by atoms with E-state index in [9.17, 15) is 22.8 Å². The van der Waals surface area contributed by atoms with Crippen LogP contribution in [0.5, 0.6) is 0 Å². The van der Waals surface area contributed by atoms with Crippen LogP contribution in [-0.4, -0.2) is 36.5 Å². The number of ether oxygens (including phenoxy) is 1. The third-order valence-electron chi connectivity index (χ3n) is 8.17. The number of alkyl halides is 3. The largest absolute Gasteiger partial charge is 0.466 e. The van der Waals surface area contributed by atoms with Crippen LogP contribution < -0.4 is 5.32 Å². The van der Waals surface area contributed by atoms with Gasteiger partial charge in [-0.3, -0.25) is 14.5 Å². The zero-order valence-corrected chi connectivity index (χ0v) is 23.2. The molecule has 216 valence electrons.